The van der Waals surface area contributed by atoms with E-state index in [0.717, 1.165) is 34.3 Å². The predicted molar refractivity (Wildman–Crippen MR) is 109 cm³/mol. The number of aromatic hydroxyl groups is 1. The van der Waals surface area contributed by atoms with Gasteiger partial charge in [0.15, 0.2) is 11.5 Å². The van der Waals surface area contributed by atoms with Crippen LogP contribution in [0.3, 0.4) is 0 Å². The first-order chi connectivity index (χ1) is 13.9. The first kappa shape index (κ1) is 19.6. The van der Waals surface area contributed by atoms with Gasteiger partial charge in [0.05, 0.1) is 39.7 Å². The number of carbonyl (C=O) groups excluding carboxylic acids is 1. The third-order valence-electron chi connectivity index (χ3n) is 6.13. The van der Waals surface area contributed by atoms with Crippen molar-refractivity contribution in [1.82, 2.24) is 0 Å². The highest BCUT2D eigenvalue weighted by molar-refractivity contribution is 5.80. The number of aryl methyl sites for hydroxylation is 1. The van der Waals surface area contributed by atoms with Crippen LogP contribution in [0.1, 0.15) is 35.6 Å². The summed E-state index contributed by atoms with van der Waals surface area (Å²) in [6.07, 6.45) is 2.51. The average Bonchev–Trinajstić information content (AvgIpc) is 3.16. The van der Waals surface area contributed by atoms with Crippen LogP contribution in [0.4, 0.5) is 0 Å². The molecule has 0 radical (unpaired) electrons. The maximum Gasteiger partial charge on any atom is 0.231 e. The van der Waals surface area contributed by atoms with E-state index in [1.807, 2.05) is 18.2 Å². The van der Waals surface area contributed by atoms with Gasteiger partial charge in [0, 0.05) is 12.8 Å². The van der Waals surface area contributed by atoms with Crippen LogP contribution in [-0.4, -0.2) is 49.9 Å². The summed E-state index contributed by atoms with van der Waals surface area (Å²) in [5.41, 5.74) is 3.31. The minimum absolute atomic E-state index is 0.00974. The Bertz CT molecular complexity index is 920. The largest absolute Gasteiger partial charge is 0.508 e. The molecule has 154 valence electrons. The van der Waals surface area contributed by atoms with E-state index in [9.17, 15) is 9.90 Å². The molecule has 29 heavy (non-hydrogen) atoms. The molecule has 2 aliphatic rings. The number of benzene rings is 2. The minimum atomic E-state index is 0.00974. The molecular weight excluding hydrogens is 370 g/mol. The zero-order valence-electron chi connectivity index (χ0n) is 17.2. The van der Waals surface area contributed by atoms with Crippen molar-refractivity contribution in [1.29, 1.82) is 0 Å². The molecule has 0 unspecified atom stereocenters. The number of carbonyl (C=O) groups is 1. The van der Waals surface area contributed by atoms with Crippen LogP contribution >= 0.6 is 0 Å². The molecule has 0 saturated carbocycles. The second-order valence-electron chi connectivity index (χ2n) is 8.39. The summed E-state index contributed by atoms with van der Waals surface area (Å²) in [4.78, 5) is 12.9. The maximum absolute atomic E-state index is 12.9. The smallest absolute Gasteiger partial charge is 0.231 e. The molecule has 6 heteroatoms. The fraction of sp³-hybridized carbons (Fsp3) is 0.435. The van der Waals surface area contributed by atoms with Crippen molar-refractivity contribution in [2.24, 2.45) is 0 Å². The van der Waals surface area contributed by atoms with Crippen LogP contribution in [0.15, 0.2) is 30.3 Å². The molecule has 0 aromatic heterocycles. The highest BCUT2D eigenvalue weighted by Crippen LogP contribution is 2.51. The topological polar surface area (TPSA) is 65.0 Å². The van der Waals surface area contributed by atoms with E-state index in [2.05, 4.69) is 14.1 Å². The normalized spacial score (nSPS) is 18.9. The first-order valence-corrected chi connectivity index (χ1v) is 10.0. The van der Waals surface area contributed by atoms with Crippen molar-refractivity contribution < 1.29 is 28.6 Å². The first-order valence-electron chi connectivity index (χ1n) is 10.0. The summed E-state index contributed by atoms with van der Waals surface area (Å²) in [6, 6.07) is 9.10. The van der Waals surface area contributed by atoms with Gasteiger partial charge in [-0.2, -0.15) is 0 Å². The molecule has 1 N–H and O–H groups in total. The number of quaternary nitrogens is 1. The Morgan fingerprint density at radius 3 is 2.72 bits per heavy atom. The van der Waals surface area contributed by atoms with Crippen LogP contribution in [0.5, 0.6) is 23.0 Å². The van der Waals surface area contributed by atoms with Gasteiger partial charge in [0.2, 0.25) is 12.5 Å². The number of hydrogen-bond donors (Lipinski definition) is 1. The number of Topliss-reactive ketones (excluding diaryl/α,β-unsaturated/α-hetero) is 1. The Morgan fingerprint density at radius 2 is 2.00 bits per heavy atom. The Balaban J connectivity index is 1.58. The van der Waals surface area contributed by atoms with Gasteiger partial charge >= 0.3 is 0 Å². The summed E-state index contributed by atoms with van der Waals surface area (Å²) < 4.78 is 17.7. The molecule has 0 spiro atoms. The van der Waals surface area contributed by atoms with Crippen LogP contribution in [0.25, 0.3) is 0 Å². The van der Waals surface area contributed by atoms with Crippen LogP contribution < -0.4 is 14.2 Å². The highest BCUT2D eigenvalue weighted by Gasteiger charge is 2.42. The average molecular weight is 398 g/mol. The van der Waals surface area contributed by atoms with Gasteiger partial charge in [-0.05, 0) is 35.7 Å². The number of likely N-dealkylation sites (N-methyl/N-ethyl adjacent to an activating group) is 1. The number of ketones is 1. The molecule has 1 atom stereocenters. The standard InChI is InChI=1S/C23H27NO5/c1-24(2)11-10-16-12-20-22(29-14-28-20)23(27-3)21(16)19(24)13-18(26)9-6-15-4-7-17(25)8-5-15/h4-5,7-8,12,19H,6,9-11,13-14H2,1-3H3/p+1/t19-/m1/s1. The van der Waals surface area contributed by atoms with Gasteiger partial charge in [-0.3, -0.25) is 4.79 Å². The van der Waals surface area contributed by atoms with E-state index in [4.69, 9.17) is 14.2 Å². The number of rotatable bonds is 6. The maximum atomic E-state index is 12.9. The second-order valence-corrected chi connectivity index (χ2v) is 8.39. The summed E-state index contributed by atoms with van der Waals surface area (Å²) in [5.74, 6) is 2.54. The van der Waals surface area contributed by atoms with Crippen molar-refractivity contribution in [3.05, 3.63) is 47.0 Å². The second kappa shape index (κ2) is 7.59. The Hall–Kier alpha value is -2.73. The van der Waals surface area contributed by atoms with E-state index in [1.165, 1.54) is 5.56 Å². The lowest BCUT2D eigenvalue weighted by atomic mass is 9.86. The Kier molecular flexibility index (Phi) is 5.13. The van der Waals surface area contributed by atoms with Crippen molar-refractivity contribution in [2.75, 3.05) is 34.5 Å². The summed E-state index contributed by atoms with van der Waals surface area (Å²) in [6.45, 7) is 1.15. The fourth-order valence-electron chi connectivity index (χ4n) is 4.38. The molecule has 0 bridgehead atoms. The minimum Gasteiger partial charge on any atom is -0.508 e. The third kappa shape index (κ3) is 3.77. The van der Waals surface area contributed by atoms with Gasteiger partial charge < -0.3 is 23.8 Å². The lowest BCUT2D eigenvalue weighted by Gasteiger charge is -2.43. The monoisotopic (exact) mass is 398 g/mol. The SMILES string of the molecule is COc1c2c(cc3c1[C@@H](CC(=O)CCc1ccc(O)cc1)[N+](C)(C)CC3)OCO2. The Labute approximate surface area is 171 Å². The Morgan fingerprint density at radius 1 is 1.24 bits per heavy atom. The fourth-order valence-corrected chi connectivity index (χ4v) is 4.38. The zero-order chi connectivity index (χ0) is 20.6. The number of methoxy groups -OCH3 is 1. The molecule has 4 rings (SSSR count). The molecular formula is C23H28NO5+. The van der Waals surface area contributed by atoms with Crippen molar-refractivity contribution in [3.8, 4) is 23.0 Å². The quantitative estimate of drug-likeness (QED) is 0.756. The van der Waals surface area contributed by atoms with E-state index in [-0.39, 0.29) is 24.4 Å². The van der Waals surface area contributed by atoms with Crippen LogP contribution in [0, 0.1) is 0 Å². The van der Waals surface area contributed by atoms with Gasteiger partial charge in [-0.25, -0.2) is 0 Å². The number of phenolic OH excluding ortho intramolecular Hbond substituents is 1. The summed E-state index contributed by atoms with van der Waals surface area (Å²) in [7, 11) is 5.99. The van der Waals surface area contributed by atoms with E-state index in [1.54, 1.807) is 19.2 Å². The van der Waals surface area contributed by atoms with Crippen LogP contribution in [-0.2, 0) is 17.6 Å². The molecule has 0 amide bonds. The number of ether oxygens (including phenoxy) is 3. The van der Waals surface area contributed by atoms with Crippen molar-refractivity contribution >= 4 is 5.78 Å². The van der Waals surface area contributed by atoms with Gasteiger partial charge in [-0.1, -0.05) is 12.1 Å². The zero-order valence-corrected chi connectivity index (χ0v) is 17.2. The number of nitrogens with zero attached hydrogens (tertiary/aromatic N) is 1. The molecule has 6 nitrogen and oxygen atoms in total. The molecule has 2 aromatic rings. The molecule has 2 heterocycles. The molecule has 0 aliphatic carbocycles. The van der Waals surface area contributed by atoms with Crippen molar-refractivity contribution in [3.63, 3.8) is 0 Å². The van der Waals surface area contributed by atoms with E-state index >= 15 is 0 Å². The van der Waals surface area contributed by atoms with Gasteiger partial charge in [-0.15, -0.1) is 0 Å². The van der Waals surface area contributed by atoms with Gasteiger partial charge in [0.1, 0.15) is 17.6 Å². The van der Waals surface area contributed by atoms with E-state index < -0.39 is 0 Å². The number of fused-ring (bicyclic) bond motifs is 2. The van der Waals surface area contributed by atoms with Gasteiger partial charge in [0.25, 0.3) is 0 Å². The lowest BCUT2D eigenvalue weighted by molar-refractivity contribution is -0.922. The van der Waals surface area contributed by atoms with Crippen LogP contribution in [0.2, 0.25) is 0 Å². The number of hydrogen-bond acceptors (Lipinski definition) is 5. The lowest BCUT2D eigenvalue weighted by Crippen LogP contribution is -2.48. The molecule has 2 aromatic carbocycles. The predicted octanol–water partition coefficient (Wildman–Crippen LogP) is 3.40. The number of phenols is 1. The molecule has 0 saturated heterocycles. The summed E-state index contributed by atoms with van der Waals surface area (Å²) in [5, 5.41) is 9.42. The molecule has 0 fully saturated rings. The third-order valence-corrected chi connectivity index (χ3v) is 6.13. The van der Waals surface area contributed by atoms with Crippen molar-refractivity contribution in [2.45, 2.75) is 31.7 Å². The highest BCUT2D eigenvalue weighted by atomic mass is 16.7. The summed E-state index contributed by atoms with van der Waals surface area (Å²) >= 11 is 0. The molecule has 2 aliphatic heterocycles. The van der Waals surface area contributed by atoms with E-state index in [0.29, 0.717) is 30.8 Å².